The number of carbonyl (C=O) groups is 1. The van der Waals surface area contributed by atoms with E-state index < -0.39 is 11.6 Å². The van der Waals surface area contributed by atoms with Crippen LogP contribution in [-0.2, 0) is 4.79 Å². The zero-order valence-electron chi connectivity index (χ0n) is 16.3. The van der Waals surface area contributed by atoms with Crippen LogP contribution in [0.3, 0.4) is 0 Å². The van der Waals surface area contributed by atoms with Gasteiger partial charge in [-0.1, -0.05) is 12.1 Å². The molecule has 3 rings (SSSR count). The van der Waals surface area contributed by atoms with E-state index in [4.69, 9.17) is 10.00 Å². The summed E-state index contributed by atoms with van der Waals surface area (Å²) in [5, 5.41) is 14.5. The molecule has 1 heterocycles. The van der Waals surface area contributed by atoms with Gasteiger partial charge < -0.3 is 15.4 Å². The van der Waals surface area contributed by atoms with Crippen LogP contribution in [0, 0.1) is 23.0 Å². The van der Waals surface area contributed by atoms with Crippen molar-refractivity contribution in [2.24, 2.45) is 0 Å². The smallest absolute Gasteiger partial charge is 0.244 e. The summed E-state index contributed by atoms with van der Waals surface area (Å²) < 4.78 is 33.2. The molecule has 6 nitrogen and oxygen atoms in total. The number of amides is 1. The van der Waals surface area contributed by atoms with Crippen LogP contribution in [0.4, 0.5) is 14.5 Å². The molecule has 0 radical (unpaired) electrons. The molecule has 3 aromatic rings. The van der Waals surface area contributed by atoms with E-state index in [0.717, 1.165) is 0 Å². The van der Waals surface area contributed by atoms with Crippen LogP contribution in [-0.4, -0.2) is 24.0 Å². The van der Waals surface area contributed by atoms with Gasteiger partial charge in [0.25, 0.3) is 0 Å². The topological polar surface area (TPSA) is 87.0 Å². The molecule has 0 saturated heterocycles. The molecule has 0 bridgehead atoms. The maximum absolute atomic E-state index is 14.2. The number of ether oxygens (including phenoxy) is 1. The highest BCUT2D eigenvalue weighted by Crippen LogP contribution is 2.24. The van der Waals surface area contributed by atoms with Crippen molar-refractivity contribution in [1.82, 2.24) is 10.3 Å². The monoisotopic (exact) mass is 420 g/mol. The van der Waals surface area contributed by atoms with Gasteiger partial charge in [0.05, 0.1) is 11.9 Å². The lowest BCUT2D eigenvalue weighted by Crippen LogP contribution is -2.27. The number of hydrogen-bond acceptors (Lipinski definition) is 5. The van der Waals surface area contributed by atoms with Crippen LogP contribution >= 0.6 is 0 Å². The van der Waals surface area contributed by atoms with Crippen molar-refractivity contribution in [3.8, 4) is 17.6 Å². The minimum absolute atomic E-state index is 0.0507. The van der Waals surface area contributed by atoms with E-state index in [1.165, 1.54) is 42.6 Å². The number of nitrogens with zero attached hydrogens (tertiary/aromatic N) is 2. The van der Waals surface area contributed by atoms with Gasteiger partial charge in [-0.3, -0.25) is 9.78 Å². The van der Waals surface area contributed by atoms with Gasteiger partial charge in [-0.25, -0.2) is 8.78 Å². The Hall–Kier alpha value is -4.25. The zero-order chi connectivity index (χ0) is 22.1. The second-order valence-electron chi connectivity index (χ2n) is 6.31. The molecular weight excluding hydrogens is 402 g/mol. The number of pyridine rings is 1. The van der Waals surface area contributed by atoms with E-state index in [-0.39, 0.29) is 23.8 Å². The van der Waals surface area contributed by atoms with E-state index in [2.05, 4.69) is 15.6 Å². The molecule has 0 aliphatic carbocycles. The first-order chi connectivity index (χ1) is 15.1. The summed E-state index contributed by atoms with van der Waals surface area (Å²) in [6, 6.07) is 13.8. The van der Waals surface area contributed by atoms with Crippen LogP contribution in [0.2, 0.25) is 0 Å². The van der Waals surface area contributed by atoms with E-state index in [9.17, 15) is 13.6 Å². The van der Waals surface area contributed by atoms with Crippen LogP contribution in [0.15, 0.2) is 67.0 Å². The highest BCUT2D eigenvalue weighted by molar-refractivity contribution is 5.91. The first-order valence-electron chi connectivity index (χ1n) is 9.32. The number of anilines is 1. The van der Waals surface area contributed by atoms with E-state index in [0.29, 0.717) is 23.5 Å². The Morgan fingerprint density at radius 2 is 2.00 bits per heavy atom. The Bertz CT molecular complexity index is 1130. The van der Waals surface area contributed by atoms with Crippen molar-refractivity contribution in [2.45, 2.75) is 0 Å². The summed E-state index contributed by atoms with van der Waals surface area (Å²) >= 11 is 0. The molecule has 156 valence electrons. The van der Waals surface area contributed by atoms with Crippen molar-refractivity contribution in [2.75, 3.05) is 18.4 Å². The van der Waals surface area contributed by atoms with Gasteiger partial charge >= 0.3 is 0 Å². The normalized spacial score (nSPS) is 10.5. The predicted molar refractivity (Wildman–Crippen MR) is 112 cm³/mol. The largest absolute Gasteiger partial charge is 0.453 e. The van der Waals surface area contributed by atoms with Crippen LogP contribution in [0.1, 0.15) is 11.1 Å². The number of hydrogen-bond donors (Lipinski definition) is 2. The number of nitrogens with one attached hydrogen (secondary N) is 2. The third-order valence-corrected chi connectivity index (χ3v) is 4.11. The number of benzene rings is 2. The number of rotatable bonds is 8. The third kappa shape index (κ3) is 6.11. The van der Waals surface area contributed by atoms with Gasteiger partial charge in [0.1, 0.15) is 23.2 Å². The van der Waals surface area contributed by atoms with Crippen LogP contribution in [0.5, 0.6) is 11.5 Å². The lowest BCUT2D eigenvalue weighted by Gasteiger charge is -2.09. The summed E-state index contributed by atoms with van der Waals surface area (Å²) in [4.78, 5) is 15.8. The average Bonchev–Trinajstić information content (AvgIpc) is 2.78. The molecular formula is C23H18F2N4O2. The molecule has 1 amide bonds. The molecule has 0 atom stereocenters. The van der Waals surface area contributed by atoms with E-state index in [1.54, 1.807) is 36.5 Å². The average molecular weight is 420 g/mol. The molecule has 31 heavy (non-hydrogen) atoms. The molecule has 0 aliphatic rings. The van der Waals surface area contributed by atoms with Crippen LogP contribution < -0.4 is 15.4 Å². The second kappa shape index (κ2) is 10.5. The second-order valence-corrected chi connectivity index (χ2v) is 6.31. The first-order valence-corrected chi connectivity index (χ1v) is 9.32. The highest BCUT2D eigenvalue weighted by Gasteiger charge is 2.07. The fourth-order valence-corrected chi connectivity index (χ4v) is 2.64. The molecule has 8 heteroatoms. The van der Waals surface area contributed by atoms with Gasteiger partial charge in [-0.15, -0.1) is 0 Å². The standard InChI is InChI=1S/C23H18F2N4O2/c24-19-4-1-5-21(18(19)14-26)28-11-12-29-23(30)9-7-16-6-8-22(20(25)13-16)31-17-3-2-10-27-15-17/h1-10,13,15,28H,11-12H2,(H,29,30)/b9-7+. The maximum Gasteiger partial charge on any atom is 0.244 e. The van der Waals surface area contributed by atoms with E-state index >= 15 is 0 Å². The SMILES string of the molecule is N#Cc1c(F)cccc1NCCNC(=O)/C=C/c1ccc(Oc2cccnc2)c(F)c1. The Kier molecular flexibility index (Phi) is 7.27. The molecule has 0 aliphatic heterocycles. The summed E-state index contributed by atoms with van der Waals surface area (Å²) in [5.41, 5.74) is 0.769. The van der Waals surface area contributed by atoms with Gasteiger partial charge in [0, 0.05) is 25.4 Å². The number of nitriles is 1. The Morgan fingerprint density at radius 3 is 2.74 bits per heavy atom. The summed E-state index contributed by atoms with van der Waals surface area (Å²) in [6.45, 7) is 0.545. The van der Waals surface area contributed by atoms with Gasteiger partial charge in [0.15, 0.2) is 11.6 Å². The summed E-state index contributed by atoms with van der Waals surface area (Å²) in [5.74, 6) is -1.09. The Labute approximate surface area is 177 Å². The van der Waals surface area contributed by atoms with Gasteiger partial charge in [-0.05, 0) is 48.0 Å². The lowest BCUT2D eigenvalue weighted by molar-refractivity contribution is -0.116. The zero-order valence-corrected chi connectivity index (χ0v) is 16.3. The van der Waals surface area contributed by atoms with Crippen LogP contribution in [0.25, 0.3) is 6.08 Å². The minimum atomic E-state index is -0.608. The van der Waals surface area contributed by atoms with Crippen molar-refractivity contribution in [1.29, 1.82) is 5.26 Å². The number of aromatic nitrogens is 1. The molecule has 0 saturated carbocycles. The molecule has 2 aromatic carbocycles. The molecule has 2 N–H and O–H groups in total. The lowest BCUT2D eigenvalue weighted by atomic mass is 10.2. The quantitative estimate of drug-likeness (QED) is 0.420. The predicted octanol–water partition coefficient (Wildman–Crippen LogP) is 4.27. The fourth-order valence-electron chi connectivity index (χ4n) is 2.64. The molecule has 0 spiro atoms. The Morgan fingerprint density at radius 1 is 1.13 bits per heavy atom. The van der Waals surface area contributed by atoms with Crippen molar-refractivity contribution >= 4 is 17.7 Å². The molecule has 1 aromatic heterocycles. The molecule has 0 fully saturated rings. The number of carbonyl (C=O) groups excluding carboxylic acids is 1. The minimum Gasteiger partial charge on any atom is -0.453 e. The Balaban J connectivity index is 1.48. The summed E-state index contributed by atoms with van der Waals surface area (Å²) in [7, 11) is 0. The third-order valence-electron chi connectivity index (χ3n) is 4.11. The van der Waals surface area contributed by atoms with Gasteiger partial charge in [-0.2, -0.15) is 5.26 Å². The van der Waals surface area contributed by atoms with Gasteiger partial charge in [0.2, 0.25) is 5.91 Å². The fraction of sp³-hybridized carbons (Fsp3) is 0.0870. The summed E-state index contributed by atoms with van der Waals surface area (Å²) in [6.07, 6.45) is 5.81. The molecule has 0 unspecified atom stereocenters. The van der Waals surface area contributed by atoms with Crippen molar-refractivity contribution in [3.63, 3.8) is 0 Å². The van der Waals surface area contributed by atoms with Crippen molar-refractivity contribution < 1.29 is 18.3 Å². The van der Waals surface area contributed by atoms with Crippen molar-refractivity contribution in [3.05, 3.63) is 89.8 Å². The van der Waals surface area contributed by atoms with E-state index in [1.807, 2.05) is 0 Å². The highest BCUT2D eigenvalue weighted by atomic mass is 19.1. The maximum atomic E-state index is 14.2. The number of halogens is 2. The first kappa shape index (κ1) is 21.5.